The summed E-state index contributed by atoms with van der Waals surface area (Å²) in [5, 5.41) is 53.2. The van der Waals surface area contributed by atoms with E-state index in [1.54, 1.807) is 69.0 Å². The van der Waals surface area contributed by atoms with E-state index in [0.29, 0.717) is 61.4 Å². The summed E-state index contributed by atoms with van der Waals surface area (Å²) in [5.74, 6) is -4.82. The zero-order valence-electron chi connectivity index (χ0n) is 50.9. The molecule has 472 valence electrons. The second-order valence-electron chi connectivity index (χ2n) is 20.7. The molecule has 1 heterocycles. The van der Waals surface area contributed by atoms with Crippen molar-refractivity contribution in [1.29, 1.82) is 0 Å². The van der Waals surface area contributed by atoms with Crippen LogP contribution in [0.3, 0.4) is 0 Å². The Labute approximate surface area is 499 Å². The summed E-state index contributed by atoms with van der Waals surface area (Å²) in [6, 6.07) is 16.2. The van der Waals surface area contributed by atoms with E-state index in [9.17, 15) is 53.4 Å². The number of unbranched alkanes of at least 4 members (excludes halogenated alkanes) is 2. The molecule has 0 aromatic heterocycles. The largest absolute Gasteiger partial charge is 0.481 e. The number of para-hydroxylation sites is 1. The zero-order chi connectivity index (χ0) is 64.2. The predicted octanol–water partition coefficient (Wildman–Crippen LogP) is 6.91. The number of aliphatic hydroxyl groups is 4. The van der Waals surface area contributed by atoms with E-state index < -0.39 is 36.1 Å². The first-order chi connectivity index (χ1) is 40.3. The quantitative estimate of drug-likeness (QED) is 0.0142. The molecule has 10 N–H and O–H groups in total. The van der Waals surface area contributed by atoms with Crippen LogP contribution in [0.2, 0.25) is 0 Å². The second-order valence-corrected chi connectivity index (χ2v) is 20.7. The summed E-state index contributed by atoms with van der Waals surface area (Å²) in [6.45, 7) is 14.3. The summed E-state index contributed by atoms with van der Waals surface area (Å²) >= 11 is 0. The van der Waals surface area contributed by atoms with Crippen LogP contribution in [0, 0.1) is 23.7 Å². The van der Waals surface area contributed by atoms with Crippen LogP contribution in [0.1, 0.15) is 147 Å². The highest BCUT2D eigenvalue weighted by atomic mass is 16.6. The van der Waals surface area contributed by atoms with Crippen molar-refractivity contribution >= 4 is 76.4 Å². The van der Waals surface area contributed by atoms with Gasteiger partial charge in [0.05, 0.1) is 70.9 Å². The van der Waals surface area contributed by atoms with Gasteiger partial charge in [0.1, 0.15) is 0 Å². The number of methoxy groups -OCH3 is 2. The topological polar surface area (TPSA) is 357 Å². The molecule has 23 nitrogen and oxygen atoms in total. The van der Waals surface area contributed by atoms with Crippen molar-refractivity contribution in [2.24, 2.45) is 23.7 Å². The number of esters is 2. The number of amides is 4. The molecule has 1 aliphatic heterocycles. The Morgan fingerprint density at radius 2 is 1.04 bits per heavy atom. The summed E-state index contributed by atoms with van der Waals surface area (Å²) in [4.78, 5) is 108. The number of aliphatic hydroxyl groups excluding tert-OH is 4. The number of nitrogen functional groups attached to an aromatic ring is 1. The number of benzene rings is 3. The number of hydrogen-bond donors (Lipinski definition) is 9. The van der Waals surface area contributed by atoms with Gasteiger partial charge in [0.25, 0.3) is 0 Å². The highest BCUT2D eigenvalue weighted by Crippen LogP contribution is 2.30. The maximum absolute atomic E-state index is 12.8. The van der Waals surface area contributed by atoms with E-state index in [4.69, 9.17) is 30.5 Å². The fourth-order valence-corrected chi connectivity index (χ4v) is 8.29. The van der Waals surface area contributed by atoms with Gasteiger partial charge in [-0.25, -0.2) is 9.69 Å². The number of carbonyl (C=O) groups is 9. The molecule has 5 atom stereocenters. The van der Waals surface area contributed by atoms with Crippen molar-refractivity contribution in [2.75, 3.05) is 43.4 Å². The Bertz CT molecular complexity index is 2600. The van der Waals surface area contributed by atoms with Gasteiger partial charge in [0, 0.05) is 62.4 Å². The molecule has 0 radical (unpaired) electrons. The van der Waals surface area contributed by atoms with Gasteiger partial charge >= 0.3 is 24.0 Å². The third kappa shape index (κ3) is 29.2. The Morgan fingerprint density at radius 1 is 0.600 bits per heavy atom. The molecule has 1 unspecified atom stereocenters. The summed E-state index contributed by atoms with van der Waals surface area (Å²) in [5.41, 5.74) is 10.9. The number of hydrogen-bond acceptors (Lipinski definition) is 18. The normalized spacial score (nSPS) is 13.5. The lowest BCUT2D eigenvalue weighted by Crippen LogP contribution is -2.45. The summed E-state index contributed by atoms with van der Waals surface area (Å²) in [7, 11) is 2.62. The minimum atomic E-state index is -1.03. The number of carboxylic acid groups (broad SMARTS) is 1. The fourth-order valence-electron chi connectivity index (χ4n) is 8.29. The molecule has 0 fully saturated rings. The van der Waals surface area contributed by atoms with E-state index in [0.717, 1.165) is 22.4 Å². The molecule has 3 aromatic rings. The van der Waals surface area contributed by atoms with Gasteiger partial charge in [-0.3, -0.25) is 38.4 Å². The number of carbonyl (C=O) groups excluding carboxylic acids is 8. The van der Waals surface area contributed by atoms with Crippen LogP contribution in [0.25, 0.3) is 6.08 Å². The van der Waals surface area contributed by atoms with Crippen molar-refractivity contribution in [2.45, 2.75) is 164 Å². The number of fused-ring (bicyclic) bond motifs is 1. The smallest absolute Gasteiger partial charge is 0.416 e. The number of anilines is 3. The van der Waals surface area contributed by atoms with Crippen molar-refractivity contribution in [3.63, 3.8) is 0 Å². The standard InChI is InChI=1S/C24H36N2O7.C16H27NO6.C14H17NO3.C8H11NO2/c1-15(2)23(26-21(30)7-5-6-8-22(31)33-4)20(29)9-16(3)24(32)25-19-11-17(13-27)10-18(12-19)14-28;1-10(2)15(12(18)9-11(3)16(21)22)17-13(19)7-5-6-8-14(20)23-4;1-3-17-13-10-9-11-7-5-6-8-12(11)15(13)14(16)18-4-2;9-8-2-6(4-10)1-7(3-8)5-11/h10-12,15-16,23,27-28H,5-9,13-14H2,1-4H3,(H,25,32)(H,26,30);10-11,15H,5-9H2,1-4H3,(H,17,19)(H,21,22);5-10,13H,3-4H2,1-2H3;1-3,10-11H,4-5,9H2/t16-,23+;11-,15+;;/m11../s1. The van der Waals surface area contributed by atoms with Gasteiger partial charge < -0.3 is 66.2 Å². The van der Waals surface area contributed by atoms with Crippen molar-refractivity contribution < 1.29 is 87.6 Å². The van der Waals surface area contributed by atoms with Crippen LogP contribution in [-0.2, 0) is 83.7 Å². The molecule has 85 heavy (non-hydrogen) atoms. The fraction of sp³-hybridized carbons (Fsp3) is 0.532. The molecule has 4 rings (SSSR count). The van der Waals surface area contributed by atoms with Crippen molar-refractivity contribution in [3.05, 3.63) is 94.6 Å². The van der Waals surface area contributed by atoms with Crippen LogP contribution < -0.4 is 26.6 Å². The highest BCUT2D eigenvalue weighted by molar-refractivity contribution is 5.97. The third-order valence-electron chi connectivity index (χ3n) is 12.9. The van der Waals surface area contributed by atoms with E-state index in [1.807, 2.05) is 57.2 Å². The second kappa shape index (κ2) is 41.4. The monoisotopic (exact) mass is 1190 g/mol. The van der Waals surface area contributed by atoms with Crippen molar-refractivity contribution in [3.8, 4) is 0 Å². The SMILES string of the molecule is CCOC(=O)N1c2ccccc2C=CC1OCC.COC(=O)CCCCC(=O)N[C@H](C(=O)C[C@@H](C)C(=O)Nc1cc(CO)cc(CO)c1)C(C)C.COC(=O)CCCCC(=O)N[C@H](C(=O)C[C@@H](C)C(=O)O)C(C)C.Nc1cc(CO)cc(CO)c1. The van der Waals surface area contributed by atoms with Gasteiger partial charge in [0.15, 0.2) is 17.8 Å². The Morgan fingerprint density at radius 3 is 1.45 bits per heavy atom. The molecule has 3 aromatic carbocycles. The number of Topliss-reactive ketones (excluding diaryl/α,β-unsaturated/α-hetero) is 2. The Balaban J connectivity index is 0.000000604. The van der Waals surface area contributed by atoms with Crippen LogP contribution >= 0.6 is 0 Å². The van der Waals surface area contributed by atoms with Gasteiger partial charge in [0.2, 0.25) is 17.7 Å². The molecular formula is C62H91N5O18. The first-order valence-electron chi connectivity index (χ1n) is 28.4. The number of rotatable bonds is 30. The lowest BCUT2D eigenvalue weighted by molar-refractivity contribution is -0.143. The average molecular weight is 1190 g/mol. The molecular weight excluding hydrogens is 1100 g/mol. The molecule has 0 spiro atoms. The molecule has 0 saturated heterocycles. The van der Waals surface area contributed by atoms with E-state index in [1.165, 1.54) is 21.1 Å². The first kappa shape index (κ1) is 75.4. The lowest BCUT2D eigenvalue weighted by atomic mass is 9.92. The number of ether oxygens (including phenoxy) is 4. The number of aliphatic carboxylic acids is 1. The van der Waals surface area contributed by atoms with E-state index in [-0.39, 0.29) is 124 Å². The maximum Gasteiger partial charge on any atom is 0.416 e. The third-order valence-corrected chi connectivity index (χ3v) is 12.9. The van der Waals surface area contributed by atoms with Crippen LogP contribution in [-0.4, -0.2) is 125 Å². The lowest BCUT2D eigenvalue weighted by Gasteiger charge is -2.32. The van der Waals surface area contributed by atoms with Crippen LogP contribution in [0.4, 0.5) is 21.9 Å². The van der Waals surface area contributed by atoms with Crippen molar-refractivity contribution in [1.82, 2.24) is 10.6 Å². The molecule has 0 saturated carbocycles. The highest BCUT2D eigenvalue weighted by Gasteiger charge is 2.31. The first-order valence-corrected chi connectivity index (χ1v) is 28.4. The number of nitrogens with zero attached hydrogens (tertiary/aromatic N) is 1. The van der Waals surface area contributed by atoms with Crippen LogP contribution in [0.5, 0.6) is 0 Å². The maximum atomic E-state index is 12.8. The number of nitrogens with one attached hydrogen (secondary N) is 3. The summed E-state index contributed by atoms with van der Waals surface area (Å²) < 4.78 is 19.7. The summed E-state index contributed by atoms with van der Waals surface area (Å²) in [6.07, 6.45) is 5.86. The zero-order valence-corrected chi connectivity index (χ0v) is 50.9. The molecule has 0 bridgehead atoms. The van der Waals surface area contributed by atoms with Crippen LogP contribution in [0.15, 0.2) is 66.7 Å². The number of carboxylic acids is 1. The number of ketones is 2. The minimum Gasteiger partial charge on any atom is -0.481 e. The molecule has 4 amide bonds. The van der Waals surface area contributed by atoms with E-state index in [2.05, 4.69) is 25.4 Å². The predicted molar refractivity (Wildman–Crippen MR) is 320 cm³/mol. The minimum absolute atomic E-state index is 0.0436. The van der Waals surface area contributed by atoms with Gasteiger partial charge in [-0.15, -0.1) is 0 Å². The van der Waals surface area contributed by atoms with E-state index >= 15 is 0 Å². The Hall–Kier alpha value is -7.57. The Kier molecular flexibility index (Phi) is 36.8. The molecule has 0 aliphatic carbocycles. The average Bonchev–Trinajstić information content (AvgIpc) is 3.15. The van der Waals surface area contributed by atoms with Gasteiger partial charge in [-0.05, 0) is 116 Å². The molecule has 23 heteroatoms. The van der Waals surface area contributed by atoms with Gasteiger partial charge in [-0.2, -0.15) is 0 Å². The number of nitrogens with two attached hydrogens (primary N) is 1. The molecule has 1 aliphatic rings. The van der Waals surface area contributed by atoms with Gasteiger partial charge in [-0.1, -0.05) is 78.0 Å².